The molecule has 0 saturated carbocycles. The molecule has 4 rings (SSSR count). The average Bonchev–Trinajstić information content (AvgIpc) is 3.12. The second-order valence-corrected chi connectivity index (χ2v) is 9.35. The minimum Gasteiger partial charge on any atom is -0.353 e. The highest BCUT2D eigenvalue weighted by Gasteiger charge is 2.61. The number of ether oxygens (including phenoxy) is 1. The fourth-order valence-corrected chi connectivity index (χ4v) is 4.87. The van der Waals surface area contributed by atoms with E-state index in [9.17, 15) is 18.0 Å². The number of sulfonamides is 1. The minimum atomic E-state index is -3.36. The van der Waals surface area contributed by atoms with Crippen molar-refractivity contribution in [2.75, 3.05) is 37.3 Å². The zero-order chi connectivity index (χ0) is 19.4. The number of anilines is 1. The van der Waals surface area contributed by atoms with Gasteiger partial charge in [0.05, 0.1) is 31.0 Å². The monoisotopic (exact) mass is 393 g/mol. The number of likely N-dealkylation sites (tertiary alicyclic amines) is 1. The summed E-state index contributed by atoms with van der Waals surface area (Å²) in [6, 6.07) is 6.21. The van der Waals surface area contributed by atoms with E-state index in [-0.39, 0.29) is 17.9 Å². The van der Waals surface area contributed by atoms with Crippen LogP contribution in [-0.4, -0.2) is 74.8 Å². The molecular formula is C18H23N3O5S. The van der Waals surface area contributed by atoms with Crippen molar-refractivity contribution >= 4 is 27.5 Å². The van der Waals surface area contributed by atoms with Gasteiger partial charge >= 0.3 is 0 Å². The Hall–Kier alpha value is -2.13. The normalized spacial score (nSPS) is 27.5. The number of nitrogens with zero attached hydrogens (tertiary/aromatic N) is 3. The van der Waals surface area contributed by atoms with Crippen LogP contribution >= 0.6 is 0 Å². The molecule has 0 unspecified atom stereocenters. The lowest BCUT2D eigenvalue weighted by molar-refractivity contribution is -0.179. The van der Waals surface area contributed by atoms with Crippen molar-refractivity contribution in [3.8, 4) is 0 Å². The van der Waals surface area contributed by atoms with Crippen molar-refractivity contribution in [3.05, 3.63) is 29.8 Å². The molecular weight excluding hydrogens is 370 g/mol. The second-order valence-electron chi connectivity index (χ2n) is 7.34. The first-order valence-corrected chi connectivity index (χ1v) is 10.9. The summed E-state index contributed by atoms with van der Waals surface area (Å²) < 4.78 is 30.5. The molecule has 3 aliphatic heterocycles. The number of rotatable bonds is 3. The van der Waals surface area contributed by atoms with E-state index in [4.69, 9.17) is 4.74 Å². The first kappa shape index (κ1) is 18.2. The molecule has 0 aromatic heterocycles. The lowest BCUT2D eigenvalue weighted by Gasteiger charge is -2.42. The van der Waals surface area contributed by atoms with E-state index < -0.39 is 15.7 Å². The molecule has 3 saturated heterocycles. The molecule has 27 heavy (non-hydrogen) atoms. The molecule has 3 fully saturated rings. The standard InChI is InChI=1S/C18H23N3O5S/c1-19(27(2,24)25)14-6-4-13(5-7-14)17(23)20-10-8-18-15(20)12-16(22)21(18)9-3-11-26-18/h4-7,15H,3,8-12H2,1-2H3/t15-,18+/m1/s1. The Morgan fingerprint density at radius 2 is 1.96 bits per heavy atom. The third-order valence-corrected chi connectivity index (χ3v) is 7.05. The molecule has 146 valence electrons. The van der Waals surface area contributed by atoms with E-state index in [0.29, 0.717) is 43.8 Å². The van der Waals surface area contributed by atoms with Crippen LogP contribution in [0.2, 0.25) is 0 Å². The van der Waals surface area contributed by atoms with Gasteiger partial charge in [-0.2, -0.15) is 0 Å². The molecule has 8 nitrogen and oxygen atoms in total. The summed E-state index contributed by atoms with van der Waals surface area (Å²) in [5, 5.41) is 0. The summed E-state index contributed by atoms with van der Waals surface area (Å²) in [5.74, 6) is -0.114. The first-order valence-electron chi connectivity index (χ1n) is 9.03. The summed E-state index contributed by atoms with van der Waals surface area (Å²) in [5.41, 5.74) is 0.297. The Morgan fingerprint density at radius 3 is 2.63 bits per heavy atom. The van der Waals surface area contributed by atoms with Crippen molar-refractivity contribution < 1.29 is 22.7 Å². The van der Waals surface area contributed by atoms with Gasteiger partial charge in [-0.3, -0.25) is 13.9 Å². The number of benzene rings is 1. The highest BCUT2D eigenvalue weighted by molar-refractivity contribution is 7.92. The Kier molecular flexibility index (Phi) is 4.19. The molecule has 9 heteroatoms. The van der Waals surface area contributed by atoms with Gasteiger partial charge in [0.15, 0.2) is 5.72 Å². The SMILES string of the molecule is CN(c1ccc(C(=O)N2CC[C@@]34OCCCN3C(=O)C[C@@H]24)cc1)S(C)(=O)=O. The molecule has 0 bridgehead atoms. The lowest BCUT2D eigenvalue weighted by Crippen LogP contribution is -2.56. The fourth-order valence-electron chi connectivity index (χ4n) is 4.36. The van der Waals surface area contributed by atoms with Crippen molar-refractivity contribution in [1.82, 2.24) is 9.80 Å². The van der Waals surface area contributed by atoms with Crippen LogP contribution in [0.3, 0.4) is 0 Å². The number of hydrogen-bond donors (Lipinski definition) is 0. The van der Waals surface area contributed by atoms with E-state index in [1.807, 2.05) is 0 Å². The van der Waals surface area contributed by atoms with Crippen molar-refractivity contribution in [2.24, 2.45) is 0 Å². The third kappa shape index (κ3) is 2.80. The van der Waals surface area contributed by atoms with Gasteiger partial charge in [-0.1, -0.05) is 0 Å². The molecule has 0 radical (unpaired) electrons. The predicted octanol–water partition coefficient (Wildman–Crippen LogP) is 0.646. The summed E-state index contributed by atoms with van der Waals surface area (Å²) in [6.07, 6.45) is 2.87. The Bertz CT molecular complexity index is 885. The molecule has 1 aromatic rings. The topological polar surface area (TPSA) is 87.2 Å². The van der Waals surface area contributed by atoms with Gasteiger partial charge in [-0.25, -0.2) is 8.42 Å². The van der Waals surface area contributed by atoms with Gasteiger partial charge < -0.3 is 14.5 Å². The Balaban J connectivity index is 1.56. The van der Waals surface area contributed by atoms with Crippen LogP contribution in [0.4, 0.5) is 5.69 Å². The average molecular weight is 393 g/mol. The zero-order valence-corrected chi connectivity index (χ0v) is 16.2. The highest BCUT2D eigenvalue weighted by Crippen LogP contribution is 2.45. The Labute approximate surface area is 158 Å². The molecule has 3 aliphatic rings. The van der Waals surface area contributed by atoms with Gasteiger partial charge in [0, 0.05) is 32.1 Å². The quantitative estimate of drug-likeness (QED) is 0.752. The fraction of sp³-hybridized carbons (Fsp3) is 0.556. The first-order chi connectivity index (χ1) is 12.7. The Morgan fingerprint density at radius 1 is 1.26 bits per heavy atom. The lowest BCUT2D eigenvalue weighted by atomic mass is 10.0. The molecule has 0 aliphatic carbocycles. The maximum atomic E-state index is 13.1. The molecule has 1 aromatic carbocycles. The van der Waals surface area contributed by atoms with Crippen molar-refractivity contribution in [1.29, 1.82) is 0 Å². The molecule has 0 N–H and O–H groups in total. The van der Waals surface area contributed by atoms with Gasteiger partial charge in [0.25, 0.3) is 5.91 Å². The maximum absolute atomic E-state index is 13.1. The van der Waals surface area contributed by atoms with Crippen LogP contribution in [0.15, 0.2) is 24.3 Å². The summed E-state index contributed by atoms with van der Waals surface area (Å²) in [6.45, 7) is 1.83. The van der Waals surface area contributed by atoms with Gasteiger partial charge in [-0.05, 0) is 30.7 Å². The molecule has 2 amide bonds. The largest absolute Gasteiger partial charge is 0.353 e. The number of hydrogen-bond acceptors (Lipinski definition) is 5. The van der Waals surface area contributed by atoms with E-state index in [1.54, 1.807) is 34.1 Å². The van der Waals surface area contributed by atoms with Crippen LogP contribution in [0.1, 0.15) is 29.6 Å². The van der Waals surface area contributed by atoms with Crippen LogP contribution in [-0.2, 0) is 19.6 Å². The minimum absolute atomic E-state index is 0.0438. The number of carbonyl (C=O) groups is 2. The van der Waals surface area contributed by atoms with Crippen LogP contribution in [0.25, 0.3) is 0 Å². The smallest absolute Gasteiger partial charge is 0.254 e. The van der Waals surface area contributed by atoms with E-state index in [1.165, 1.54) is 7.05 Å². The second kappa shape index (κ2) is 6.20. The van der Waals surface area contributed by atoms with Crippen molar-refractivity contribution in [2.45, 2.75) is 31.0 Å². The van der Waals surface area contributed by atoms with Gasteiger partial charge in [-0.15, -0.1) is 0 Å². The van der Waals surface area contributed by atoms with E-state index >= 15 is 0 Å². The predicted molar refractivity (Wildman–Crippen MR) is 98.8 cm³/mol. The molecule has 3 heterocycles. The highest BCUT2D eigenvalue weighted by atomic mass is 32.2. The van der Waals surface area contributed by atoms with Crippen molar-refractivity contribution in [3.63, 3.8) is 0 Å². The van der Waals surface area contributed by atoms with Crippen LogP contribution < -0.4 is 4.31 Å². The van der Waals surface area contributed by atoms with Gasteiger partial charge in [0.2, 0.25) is 15.9 Å². The van der Waals surface area contributed by atoms with Gasteiger partial charge in [0.1, 0.15) is 0 Å². The number of amides is 2. The number of carbonyl (C=O) groups excluding carboxylic acids is 2. The van der Waals surface area contributed by atoms with Crippen LogP contribution in [0.5, 0.6) is 0 Å². The van der Waals surface area contributed by atoms with E-state index in [2.05, 4.69) is 0 Å². The summed E-state index contributed by atoms with van der Waals surface area (Å²) in [7, 11) is -1.89. The summed E-state index contributed by atoms with van der Waals surface area (Å²) >= 11 is 0. The summed E-state index contributed by atoms with van der Waals surface area (Å²) in [4.78, 5) is 29.0. The van der Waals surface area contributed by atoms with E-state index in [0.717, 1.165) is 17.0 Å². The van der Waals surface area contributed by atoms with Crippen LogP contribution in [0, 0.1) is 0 Å². The molecule has 1 spiro atoms. The maximum Gasteiger partial charge on any atom is 0.254 e. The zero-order valence-electron chi connectivity index (χ0n) is 15.4. The third-order valence-electron chi connectivity index (χ3n) is 5.85. The molecule has 2 atom stereocenters.